The van der Waals surface area contributed by atoms with Gasteiger partial charge in [-0.25, -0.2) is 4.99 Å². The fraction of sp³-hybridized carbons (Fsp3) is 0.0909. The number of aryl methyl sites for hydroxylation is 2. The fourth-order valence-corrected chi connectivity index (χ4v) is 3.68. The highest BCUT2D eigenvalue weighted by Gasteiger charge is 2.34. The molecule has 2 aromatic carbocycles. The number of thioether (sulfide) groups is 1. The van der Waals surface area contributed by atoms with Crippen LogP contribution >= 0.6 is 11.8 Å². The van der Waals surface area contributed by atoms with Crippen LogP contribution in [0.25, 0.3) is 6.08 Å². The van der Waals surface area contributed by atoms with Crippen molar-refractivity contribution in [2.45, 2.75) is 13.8 Å². The van der Waals surface area contributed by atoms with Gasteiger partial charge in [-0.1, -0.05) is 35.4 Å². The number of aliphatic imine (C=N–C) groups is 1. The number of amidine groups is 1. The Morgan fingerprint density at radius 1 is 0.963 bits per heavy atom. The number of nitrogens with zero attached hydrogens (tertiary/aromatic N) is 2. The summed E-state index contributed by atoms with van der Waals surface area (Å²) in [5.41, 5.74) is 3.92. The van der Waals surface area contributed by atoms with Crippen LogP contribution in [0.4, 0.5) is 11.4 Å². The zero-order valence-corrected chi connectivity index (χ0v) is 15.9. The topological polar surface area (TPSA) is 45.8 Å². The Morgan fingerprint density at radius 3 is 2.26 bits per heavy atom. The predicted octanol–water partition coefficient (Wildman–Crippen LogP) is 5.71. The summed E-state index contributed by atoms with van der Waals surface area (Å²) in [5.74, 6) is 0.539. The van der Waals surface area contributed by atoms with Crippen LogP contribution in [0.2, 0.25) is 0 Å². The van der Waals surface area contributed by atoms with Crippen LogP contribution in [0.1, 0.15) is 16.9 Å². The van der Waals surface area contributed by atoms with Gasteiger partial charge < -0.3 is 4.42 Å². The molecule has 2 heterocycles. The molecule has 5 heteroatoms. The first-order valence-electron chi connectivity index (χ1n) is 8.60. The monoisotopic (exact) mass is 374 g/mol. The smallest absolute Gasteiger partial charge is 0.271 e. The number of hydrogen-bond acceptors (Lipinski definition) is 4. The third-order valence-electron chi connectivity index (χ3n) is 4.17. The molecule has 1 aliphatic heterocycles. The Hall–Kier alpha value is -3.05. The van der Waals surface area contributed by atoms with Crippen molar-refractivity contribution < 1.29 is 9.21 Å². The first kappa shape index (κ1) is 17.4. The first-order chi connectivity index (χ1) is 13.1. The van der Waals surface area contributed by atoms with Crippen molar-refractivity contribution in [2.75, 3.05) is 4.90 Å². The third-order valence-corrected chi connectivity index (χ3v) is 5.14. The second-order valence-corrected chi connectivity index (χ2v) is 7.34. The summed E-state index contributed by atoms with van der Waals surface area (Å²) in [5, 5.41) is 0.630. The largest absolute Gasteiger partial charge is 0.465 e. The Labute approximate surface area is 162 Å². The number of carbonyl (C=O) groups excluding carboxylic acids is 1. The van der Waals surface area contributed by atoms with Gasteiger partial charge in [0.25, 0.3) is 5.91 Å². The zero-order chi connectivity index (χ0) is 18.8. The van der Waals surface area contributed by atoms with Gasteiger partial charge in [0.1, 0.15) is 5.76 Å². The SMILES string of the molecule is Cc1ccc(N=C2SC(=Cc3ccco3)C(=O)N2c2ccc(C)cc2)cc1. The van der Waals surface area contributed by atoms with Crippen LogP contribution in [0.3, 0.4) is 0 Å². The van der Waals surface area contributed by atoms with Gasteiger partial charge in [0, 0.05) is 6.08 Å². The molecule has 0 N–H and O–H groups in total. The van der Waals surface area contributed by atoms with Crippen LogP contribution < -0.4 is 4.90 Å². The van der Waals surface area contributed by atoms with Crippen LogP contribution in [-0.4, -0.2) is 11.1 Å². The molecule has 0 aliphatic carbocycles. The fourth-order valence-electron chi connectivity index (χ4n) is 2.70. The van der Waals surface area contributed by atoms with Crippen molar-refractivity contribution in [3.05, 3.63) is 88.7 Å². The van der Waals surface area contributed by atoms with Gasteiger partial charge in [0.05, 0.1) is 22.5 Å². The van der Waals surface area contributed by atoms with Crippen LogP contribution in [0.5, 0.6) is 0 Å². The molecule has 1 amide bonds. The quantitative estimate of drug-likeness (QED) is 0.552. The number of hydrogen-bond donors (Lipinski definition) is 0. The second-order valence-electron chi connectivity index (χ2n) is 6.33. The van der Waals surface area contributed by atoms with Crippen LogP contribution in [-0.2, 0) is 4.79 Å². The Bertz CT molecular complexity index is 1020. The van der Waals surface area contributed by atoms with Crippen molar-refractivity contribution in [3.63, 3.8) is 0 Å². The Kier molecular flexibility index (Phi) is 4.69. The molecule has 1 saturated heterocycles. The molecule has 1 aliphatic rings. The molecule has 4 nitrogen and oxygen atoms in total. The lowest BCUT2D eigenvalue weighted by atomic mass is 10.2. The first-order valence-corrected chi connectivity index (χ1v) is 9.41. The molecular weight excluding hydrogens is 356 g/mol. The minimum atomic E-state index is -0.105. The lowest BCUT2D eigenvalue weighted by Crippen LogP contribution is -2.28. The van der Waals surface area contributed by atoms with Gasteiger partial charge in [-0.2, -0.15) is 0 Å². The van der Waals surface area contributed by atoms with E-state index in [0.29, 0.717) is 15.8 Å². The highest BCUT2D eigenvalue weighted by molar-refractivity contribution is 8.19. The van der Waals surface area contributed by atoms with Crippen molar-refractivity contribution in [1.82, 2.24) is 0 Å². The number of carbonyl (C=O) groups is 1. The second kappa shape index (κ2) is 7.29. The third kappa shape index (κ3) is 3.73. The van der Waals surface area contributed by atoms with E-state index in [2.05, 4.69) is 0 Å². The summed E-state index contributed by atoms with van der Waals surface area (Å²) in [6.07, 6.45) is 3.35. The summed E-state index contributed by atoms with van der Waals surface area (Å²) >= 11 is 1.35. The molecule has 0 spiro atoms. The lowest BCUT2D eigenvalue weighted by molar-refractivity contribution is -0.113. The van der Waals surface area contributed by atoms with Gasteiger partial charge >= 0.3 is 0 Å². The molecule has 27 heavy (non-hydrogen) atoms. The highest BCUT2D eigenvalue weighted by atomic mass is 32.2. The molecular formula is C22H18N2O2S. The summed E-state index contributed by atoms with van der Waals surface area (Å²) in [6.45, 7) is 4.06. The van der Waals surface area contributed by atoms with Crippen molar-refractivity contribution in [2.24, 2.45) is 4.99 Å². The van der Waals surface area contributed by atoms with Crippen molar-refractivity contribution in [3.8, 4) is 0 Å². The van der Waals surface area contributed by atoms with Gasteiger partial charge in [-0.3, -0.25) is 9.69 Å². The molecule has 1 aromatic heterocycles. The van der Waals surface area contributed by atoms with Crippen LogP contribution in [0, 0.1) is 13.8 Å². The Morgan fingerprint density at radius 2 is 1.63 bits per heavy atom. The molecule has 3 aromatic rings. The average molecular weight is 374 g/mol. The normalized spacial score (nSPS) is 17.3. The molecule has 0 unspecified atom stereocenters. The summed E-state index contributed by atoms with van der Waals surface area (Å²) < 4.78 is 5.37. The van der Waals surface area contributed by atoms with Crippen molar-refractivity contribution in [1.29, 1.82) is 0 Å². The number of benzene rings is 2. The van der Waals surface area contributed by atoms with Gasteiger partial charge in [-0.05, 0) is 62.0 Å². The van der Waals surface area contributed by atoms with Gasteiger partial charge in [-0.15, -0.1) is 0 Å². The number of anilines is 1. The molecule has 0 saturated carbocycles. The van der Waals surface area contributed by atoms with E-state index in [0.717, 1.165) is 16.9 Å². The van der Waals surface area contributed by atoms with E-state index in [9.17, 15) is 4.79 Å². The molecule has 134 valence electrons. The van der Waals surface area contributed by atoms with E-state index in [1.54, 1.807) is 23.3 Å². The summed E-state index contributed by atoms with van der Waals surface area (Å²) in [4.78, 5) is 20.0. The zero-order valence-electron chi connectivity index (χ0n) is 15.0. The Balaban J connectivity index is 1.77. The molecule has 0 atom stereocenters. The van der Waals surface area contributed by atoms with Gasteiger partial charge in [0.15, 0.2) is 5.17 Å². The number of furan rings is 1. The summed E-state index contributed by atoms with van der Waals surface area (Å²) in [7, 11) is 0. The minimum absolute atomic E-state index is 0.105. The maximum absolute atomic E-state index is 13.1. The van der Waals surface area contributed by atoms with Gasteiger partial charge in [0.2, 0.25) is 0 Å². The molecule has 0 bridgehead atoms. The minimum Gasteiger partial charge on any atom is -0.465 e. The van der Waals surface area contributed by atoms with E-state index in [1.807, 2.05) is 68.4 Å². The number of amides is 1. The predicted molar refractivity (Wildman–Crippen MR) is 111 cm³/mol. The molecule has 4 rings (SSSR count). The summed E-state index contributed by atoms with van der Waals surface area (Å²) in [6, 6.07) is 19.4. The van der Waals surface area contributed by atoms with E-state index >= 15 is 0 Å². The highest BCUT2D eigenvalue weighted by Crippen LogP contribution is 2.37. The lowest BCUT2D eigenvalue weighted by Gasteiger charge is -2.16. The maximum Gasteiger partial charge on any atom is 0.271 e. The van der Waals surface area contributed by atoms with Crippen LogP contribution in [0.15, 0.2) is 81.2 Å². The molecule has 0 radical (unpaired) electrons. The average Bonchev–Trinajstić information content (AvgIpc) is 3.27. The standard InChI is InChI=1S/C22H18N2O2S/c1-15-5-9-17(10-6-15)23-22-24(18-11-7-16(2)8-12-18)21(25)20(27-22)14-19-4-3-13-26-19/h3-14H,1-2H3. The van der Waals surface area contributed by atoms with E-state index in [4.69, 9.17) is 9.41 Å². The molecule has 1 fully saturated rings. The van der Waals surface area contributed by atoms with E-state index in [1.165, 1.54) is 17.3 Å². The van der Waals surface area contributed by atoms with Crippen molar-refractivity contribution >= 4 is 40.3 Å². The number of rotatable bonds is 3. The van der Waals surface area contributed by atoms with E-state index in [-0.39, 0.29) is 5.91 Å². The maximum atomic E-state index is 13.1. The van der Waals surface area contributed by atoms with E-state index < -0.39 is 0 Å².